The van der Waals surface area contributed by atoms with Crippen LogP contribution in [0, 0.1) is 0 Å². The lowest BCUT2D eigenvalue weighted by Gasteiger charge is -2.28. The first-order valence-corrected chi connectivity index (χ1v) is 8.15. The minimum absolute atomic E-state index is 0.0290. The third kappa shape index (κ3) is 5.47. The lowest BCUT2D eigenvalue weighted by atomic mass is 10.1. The van der Waals surface area contributed by atoms with E-state index in [4.69, 9.17) is 4.74 Å². The number of likely N-dealkylation sites (N-methyl/N-ethyl adjacent to an activating group) is 1. The first-order chi connectivity index (χ1) is 11.6. The molecule has 0 aliphatic carbocycles. The standard InChI is InChI=1S/C18H25N3O3/c1-19-18(23)16-6-3-15(4-7-16)5-8-17(22)20(2)9-10-21-11-13-24-14-12-21/h3-8H,9-14H2,1-2H3,(H,19,23)/b8-5-. The van der Waals surface area contributed by atoms with Crippen LogP contribution in [-0.2, 0) is 9.53 Å². The molecule has 0 bridgehead atoms. The summed E-state index contributed by atoms with van der Waals surface area (Å²) in [5.74, 6) is -0.150. The molecule has 0 saturated carbocycles. The number of hydrogen-bond donors (Lipinski definition) is 1. The van der Waals surface area contributed by atoms with Crippen LogP contribution in [0.3, 0.4) is 0 Å². The Morgan fingerprint density at radius 3 is 2.54 bits per heavy atom. The van der Waals surface area contributed by atoms with Crippen molar-refractivity contribution in [3.05, 3.63) is 41.5 Å². The van der Waals surface area contributed by atoms with Gasteiger partial charge in [0.1, 0.15) is 0 Å². The molecule has 0 spiro atoms. The summed E-state index contributed by atoms with van der Waals surface area (Å²) in [5, 5.41) is 2.58. The summed E-state index contributed by atoms with van der Waals surface area (Å²) in [6, 6.07) is 7.13. The summed E-state index contributed by atoms with van der Waals surface area (Å²) >= 11 is 0. The zero-order valence-corrected chi connectivity index (χ0v) is 14.3. The van der Waals surface area contributed by atoms with Gasteiger partial charge in [0.2, 0.25) is 5.91 Å². The molecule has 2 amide bonds. The van der Waals surface area contributed by atoms with Gasteiger partial charge >= 0.3 is 0 Å². The summed E-state index contributed by atoms with van der Waals surface area (Å²) in [6.07, 6.45) is 3.33. The maximum atomic E-state index is 12.1. The highest BCUT2D eigenvalue weighted by atomic mass is 16.5. The third-order valence-electron chi connectivity index (χ3n) is 4.05. The molecule has 24 heavy (non-hydrogen) atoms. The predicted octanol–water partition coefficient (Wildman–Crippen LogP) is 0.850. The number of morpholine rings is 1. The molecule has 1 aliphatic heterocycles. The van der Waals surface area contributed by atoms with Crippen molar-refractivity contribution in [2.75, 3.05) is 53.5 Å². The van der Waals surface area contributed by atoms with Crippen LogP contribution in [0.4, 0.5) is 0 Å². The smallest absolute Gasteiger partial charge is 0.251 e. The minimum Gasteiger partial charge on any atom is -0.379 e. The highest BCUT2D eigenvalue weighted by Crippen LogP contribution is 2.07. The van der Waals surface area contributed by atoms with Crippen molar-refractivity contribution in [3.63, 3.8) is 0 Å². The molecular formula is C18H25N3O3. The Morgan fingerprint density at radius 1 is 1.25 bits per heavy atom. The SMILES string of the molecule is CNC(=O)c1ccc(/C=C\C(=O)N(C)CCN2CCOCC2)cc1. The van der Waals surface area contributed by atoms with Gasteiger partial charge < -0.3 is 15.0 Å². The molecule has 2 rings (SSSR count). The van der Waals surface area contributed by atoms with Gasteiger partial charge in [-0.15, -0.1) is 0 Å². The second-order valence-corrected chi connectivity index (χ2v) is 5.75. The van der Waals surface area contributed by atoms with Crippen molar-refractivity contribution in [3.8, 4) is 0 Å². The number of nitrogens with one attached hydrogen (secondary N) is 1. The Labute approximate surface area is 143 Å². The molecule has 1 aromatic rings. The van der Waals surface area contributed by atoms with Crippen LogP contribution in [0.2, 0.25) is 0 Å². The highest BCUT2D eigenvalue weighted by molar-refractivity contribution is 5.94. The van der Waals surface area contributed by atoms with E-state index in [1.54, 1.807) is 36.2 Å². The number of hydrogen-bond acceptors (Lipinski definition) is 4. The van der Waals surface area contributed by atoms with Crippen LogP contribution in [0.1, 0.15) is 15.9 Å². The Balaban J connectivity index is 1.81. The van der Waals surface area contributed by atoms with E-state index in [1.165, 1.54) is 0 Å². The Bertz CT molecular complexity index is 578. The molecule has 6 nitrogen and oxygen atoms in total. The molecule has 1 saturated heterocycles. The first-order valence-electron chi connectivity index (χ1n) is 8.15. The van der Waals surface area contributed by atoms with Gasteiger partial charge in [-0.25, -0.2) is 0 Å². The molecule has 1 heterocycles. The Morgan fingerprint density at radius 2 is 1.92 bits per heavy atom. The zero-order valence-electron chi connectivity index (χ0n) is 14.3. The summed E-state index contributed by atoms with van der Waals surface area (Å²) in [5.41, 5.74) is 1.49. The lowest BCUT2D eigenvalue weighted by molar-refractivity contribution is -0.125. The molecule has 0 atom stereocenters. The molecule has 0 aromatic heterocycles. The molecule has 1 fully saturated rings. The highest BCUT2D eigenvalue weighted by Gasteiger charge is 2.12. The minimum atomic E-state index is -0.121. The number of benzene rings is 1. The number of nitrogens with zero attached hydrogens (tertiary/aromatic N) is 2. The molecule has 1 aromatic carbocycles. The molecule has 1 aliphatic rings. The molecule has 130 valence electrons. The number of ether oxygens (including phenoxy) is 1. The monoisotopic (exact) mass is 331 g/mol. The fourth-order valence-corrected chi connectivity index (χ4v) is 2.41. The lowest BCUT2D eigenvalue weighted by Crippen LogP contribution is -2.41. The molecule has 6 heteroatoms. The van der Waals surface area contributed by atoms with Gasteiger partial charge in [0, 0.05) is 51.9 Å². The predicted molar refractivity (Wildman–Crippen MR) is 93.8 cm³/mol. The van der Waals surface area contributed by atoms with Crippen molar-refractivity contribution in [2.45, 2.75) is 0 Å². The van der Waals surface area contributed by atoms with E-state index in [0.717, 1.165) is 38.4 Å². The van der Waals surface area contributed by atoms with E-state index in [2.05, 4.69) is 10.2 Å². The summed E-state index contributed by atoms with van der Waals surface area (Å²) < 4.78 is 5.31. The van der Waals surface area contributed by atoms with Crippen LogP contribution in [-0.4, -0.2) is 75.1 Å². The van der Waals surface area contributed by atoms with E-state index in [9.17, 15) is 9.59 Å². The topological polar surface area (TPSA) is 61.9 Å². The van der Waals surface area contributed by atoms with E-state index in [-0.39, 0.29) is 11.8 Å². The third-order valence-corrected chi connectivity index (χ3v) is 4.05. The molecule has 0 unspecified atom stereocenters. The number of amides is 2. The van der Waals surface area contributed by atoms with E-state index in [1.807, 2.05) is 19.2 Å². The van der Waals surface area contributed by atoms with Gasteiger partial charge in [-0.2, -0.15) is 0 Å². The van der Waals surface area contributed by atoms with Crippen LogP contribution in [0.5, 0.6) is 0 Å². The first kappa shape index (κ1) is 18.2. The van der Waals surface area contributed by atoms with Gasteiger partial charge in [-0.05, 0) is 23.8 Å². The fourth-order valence-electron chi connectivity index (χ4n) is 2.41. The summed E-state index contributed by atoms with van der Waals surface area (Å²) in [6.45, 7) is 4.94. The van der Waals surface area contributed by atoms with Crippen molar-refractivity contribution < 1.29 is 14.3 Å². The maximum Gasteiger partial charge on any atom is 0.251 e. The number of carbonyl (C=O) groups excluding carboxylic acids is 2. The second-order valence-electron chi connectivity index (χ2n) is 5.75. The average molecular weight is 331 g/mol. The van der Waals surface area contributed by atoms with Crippen LogP contribution in [0.25, 0.3) is 6.08 Å². The molecule has 1 N–H and O–H groups in total. The van der Waals surface area contributed by atoms with Crippen LogP contribution < -0.4 is 5.32 Å². The van der Waals surface area contributed by atoms with E-state index in [0.29, 0.717) is 12.1 Å². The van der Waals surface area contributed by atoms with Gasteiger partial charge in [-0.3, -0.25) is 14.5 Å². The van der Waals surface area contributed by atoms with Crippen LogP contribution in [0.15, 0.2) is 30.3 Å². The van der Waals surface area contributed by atoms with Crippen molar-refractivity contribution in [2.24, 2.45) is 0 Å². The summed E-state index contributed by atoms with van der Waals surface area (Å²) in [7, 11) is 3.41. The summed E-state index contributed by atoms with van der Waals surface area (Å²) in [4.78, 5) is 27.6. The zero-order chi connectivity index (χ0) is 17.4. The number of carbonyl (C=O) groups is 2. The maximum absolute atomic E-state index is 12.1. The van der Waals surface area contributed by atoms with Crippen molar-refractivity contribution in [1.29, 1.82) is 0 Å². The van der Waals surface area contributed by atoms with Gasteiger partial charge in [-0.1, -0.05) is 12.1 Å². The fraction of sp³-hybridized carbons (Fsp3) is 0.444. The molecular weight excluding hydrogens is 306 g/mol. The van der Waals surface area contributed by atoms with E-state index >= 15 is 0 Å². The van der Waals surface area contributed by atoms with Crippen LogP contribution >= 0.6 is 0 Å². The Hall–Kier alpha value is -2.18. The second kappa shape index (κ2) is 9.20. The Kier molecular flexibility index (Phi) is 6.96. The largest absolute Gasteiger partial charge is 0.379 e. The quantitative estimate of drug-likeness (QED) is 0.785. The average Bonchev–Trinajstić information content (AvgIpc) is 2.64. The van der Waals surface area contributed by atoms with Gasteiger partial charge in [0.15, 0.2) is 0 Å². The van der Waals surface area contributed by atoms with Crippen molar-refractivity contribution >= 4 is 17.9 Å². The normalized spacial score (nSPS) is 15.4. The van der Waals surface area contributed by atoms with Crippen molar-refractivity contribution in [1.82, 2.24) is 15.1 Å². The molecule has 0 radical (unpaired) electrons. The van der Waals surface area contributed by atoms with Gasteiger partial charge in [0.05, 0.1) is 13.2 Å². The number of rotatable bonds is 6. The van der Waals surface area contributed by atoms with Gasteiger partial charge in [0.25, 0.3) is 5.91 Å². The van der Waals surface area contributed by atoms with E-state index < -0.39 is 0 Å².